The summed E-state index contributed by atoms with van der Waals surface area (Å²) in [6, 6.07) is 6.04. The van der Waals surface area contributed by atoms with E-state index in [9.17, 15) is 27.2 Å². The van der Waals surface area contributed by atoms with E-state index in [2.05, 4.69) is 18.1 Å². The average molecular weight is 683 g/mol. The summed E-state index contributed by atoms with van der Waals surface area (Å²) in [7, 11) is 0. The first kappa shape index (κ1) is 33.4. The molecule has 13 heteroatoms. The molecule has 0 radical (unpaired) electrons. The summed E-state index contributed by atoms with van der Waals surface area (Å²) in [6.45, 7) is 3.97. The predicted molar refractivity (Wildman–Crippen MR) is 168 cm³/mol. The third-order valence-electron chi connectivity index (χ3n) is 11.1. The zero-order valence-corrected chi connectivity index (χ0v) is 27.8. The molecule has 4 aliphatic carbocycles. The van der Waals surface area contributed by atoms with Crippen molar-refractivity contribution >= 4 is 41.5 Å². The summed E-state index contributed by atoms with van der Waals surface area (Å²) in [5.41, 5.74) is 0.582. The lowest BCUT2D eigenvalue weighted by molar-refractivity contribution is -0.231. The monoisotopic (exact) mass is 682 g/mol. The van der Waals surface area contributed by atoms with Crippen LogP contribution in [-0.4, -0.2) is 64.0 Å². The molecular weight excluding hydrogens is 644 g/mol. The number of hydrogen-bond donors (Lipinski definition) is 0. The number of esters is 2. The van der Waals surface area contributed by atoms with Crippen molar-refractivity contribution in [3.8, 4) is 5.69 Å². The molecule has 1 unspecified atom stereocenters. The second kappa shape index (κ2) is 12.2. The minimum absolute atomic E-state index is 0.0357. The number of alkyl halides is 3. The van der Waals surface area contributed by atoms with Crippen LogP contribution in [0.1, 0.15) is 57.2 Å². The molecule has 6 rings (SSSR count). The molecule has 1 heterocycles. The van der Waals surface area contributed by atoms with Gasteiger partial charge < -0.3 is 14.2 Å². The Bertz CT molecular complexity index is 1530. The van der Waals surface area contributed by atoms with Crippen LogP contribution in [0.15, 0.2) is 36.0 Å². The van der Waals surface area contributed by atoms with Crippen LogP contribution >= 0.6 is 23.5 Å². The van der Waals surface area contributed by atoms with Gasteiger partial charge in [-0.2, -0.15) is 18.3 Å². The van der Waals surface area contributed by atoms with Crippen molar-refractivity contribution in [1.82, 2.24) is 9.78 Å². The Morgan fingerprint density at radius 3 is 2.48 bits per heavy atom. The zero-order chi connectivity index (χ0) is 33.1. The summed E-state index contributed by atoms with van der Waals surface area (Å²) in [4.78, 5) is 26.3. The van der Waals surface area contributed by atoms with E-state index >= 15 is 0 Å². The van der Waals surface area contributed by atoms with Crippen LogP contribution in [0.5, 0.6) is 0 Å². The van der Waals surface area contributed by atoms with Crippen LogP contribution in [0, 0.1) is 34.4 Å². The van der Waals surface area contributed by atoms with E-state index in [-0.39, 0.29) is 36.0 Å². The number of benzene rings is 1. The molecule has 1 aromatic carbocycles. The van der Waals surface area contributed by atoms with Crippen molar-refractivity contribution in [2.75, 3.05) is 24.4 Å². The Labute approximate surface area is 274 Å². The van der Waals surface area contributed by atoms with E-state index in [1.165, 1.54) is 35.7 Å². The molecule has 7 nitrogen and oxygen atoms in total. The molecule has 7 atom stereocenters. The van der Waals surface area contributed by atoms with E-state index in [1.54, 1.807) is 23.0 Å². The highest BCUT2D eigenvalue weighted by molar-refractivity contribution is 7.98. The Kier molecular flexibility index (Phi) is 8.84. The summed E-state index contributed by atoms with van der Waals surface area (Å²) < 4.78 is 74.2. The lowest BCUT2D eigenvalue weighted by Gasteiger charge is -2.61. The maximum Gasteiger partial charge on any atom is 0.490 e. The number of fused-ring (bicyclic) bond motifs is 6. The number of rotatable bonds is 8. The lowest BCUT2D eigenvalue weighted by Crippen LogP contribution is -2.63. The molecule has 4 aliphatic rings. The quantitative estimate of drug-likeness (QED) is 0.164. The number of allylic oxidation sites excluding steroid dienone is 1. The number of carbonyl (C=O) groups excluding carboxylic acids is 2. The fraction of sp³-hybridized carbons (Fsp3) is 0.606. The van der Waals surface area contributed by atoms with Gasteiger partial charge in [0.25, 0.3) is 0 Å². The number of halogens is 4. The van der Waals surface area contributed by atoms with E-state index in [1.807, 2.05) is 19.4 Å². The first-order chi connectivity index (χ1) is 21.8. The Hall–Kier alpha value is -2.51. The Morgan fingerprint density at radius 2 is 1.80 bits per heavy atom. The maximum atomic E-state index is 13.8. The van der Waals surface area contributed by atoms with E-state index in [4.69, 9.17) is 14.2 Å². The highest BCUT2D eigenvalue weighted by Crippen LogP contribution is 2.69. The molecule has 0 N–H and O–H groups in total. The fourth-order valence-corrected chi connectivity index (χ4v) is 9.80. The summed E-state index contributed by atoms with van der Waals surface area (Å²) in [5.74, 6) is -3.39. The van der Waals surface area contributed by atoms with E-state index in [0.29, 0.717) is 37.8 Å². The topological polar surface area (TPSA) is 79.7 Å². The van der Waals surface area contributed by atoms with Crippen molar-refractivity contribution in [3.05, 3.63) is 53.1 Å². The van der Waals surface area contributed by atoms with Crippen LogP contribution in [0.25, 0.3) is 11.8 Å². The fourth-order valence-electron chi connectivity index (χ4n) is 9.26. The first-order valence-electron chi connectivity index (χ1n) is 15.4. The zero-order valence-electron chi connectivity index (χ0n) is 26.2. The third kappa shape index (κ3) is 5.28. The van der Waals surface area contributed by atoms with Gasteiger partial charge in [0.15, 0.2) is 5.60 Å². The van der Waals surface area contributed by atoms with Crippen molar-refractivity contribution in [2.45, 2.75) is 70.3 Å². The van der Waals surface area contributed by atoms with Gasteiger partial charge in [-0.05, 0) is 104 Å². The van der Waals surface area contributed by atoms with Gasteiger partial charge in [0.2, 0.25) is 0 Å². The van der Waals surface area contributed by atoms with Crippen molar-refractivity contribution < 1.29 is 41.4 Å². The van der Waals surface area contributed by atoms with E-state index < -0.39 is 46.6 Å². The molecule has 0 amide bonds. The predicted octanol–water partition coefficient (Wildman–Crippen LogP) is 7.22. The molecule has 3 saturated carbocycles. The third-order valence-corrected chi connectivity index (χ3v) is 11.9. The highest BCUT2D eigenvalue weighted by atomic mass is 32.2. The Morgan fingerprint density at radius 1 is 1.09 bits per heavy atom. The summed E-state index contributed by atoms with van der Waals surface area (Å²) in [5, 5.41) is 4.59. The van der Waals surface area contributed by atoms with Crippen LogP contribution < -0.4 is 0 Å². The van der Waals surface area contributed by atoms with Crippen molar-refractivity contribution in [1.29, 1.82) is 0 Å². The number of thioether (sulfide) groups is 2. The van der Waals surface area contributed by atoms with Gasteiger partial charge >= 0.3 is 18.1 Å². The van der Waals surface area contributed by atoms with Crippen LogP contribution in [0.4, 0.5) is 17.6 Å². The number of hydrogen-bond acceptors (Lipinski definition) is 8. The number of carbonyl (C=O) groups is 2. The van der Waals surface area contributed by atoms with Gasteiger partial charge in [0.05, 0.1) is 23.5 Å². The second-order valence-corrected chi connectivity index (χ2v) is 15.0. The Balaban J connectivity index is 1.42. The number of aromatic nitrogens is 2. The minimum atomic E-state index is -5.17. The average Bonchev–Trinajstić information content (AvgIpc) is 3.54. The molecule has 1 aromatic heterocycles. The molecule has 2 aromatic rings. The second-order valence-electron chi connectivity index (χ2n) is 13.4. The van der Waals surface area contributed by atoms with Gasteiger partial charge in [0, 0.05) is 11.3 Å². The van der Waals surface area contributed by atoms with E-state index in [0.717, 1.165) is 16.8 Å². The summed E-state index contributed by atoms with van der Waals surface area (Å²) in [6.07, 6.45) is 4.07. The lowest BCUT2D eigenvalue weighted by atomic mass is 9.45. The summed E-state index contributed by atoms with van der Waals surface area (Å²) >= 11 is 2.76. The number of ether oxygens (including phenoxy) is 3. The van der Waals surface area contributed by atoms with Gasteiger partial charge in [-0.1, -0.05) is 19.4 Å². The minimum Gasteiger partial charge on any atom is -0.455 e. The van der Waals surface area contributed by atoms with Gasteiger partial charge in [0.1, 0.15) is 17.9 Å². The SMILES string of the molecule is CSCOC(=O)[C@@]1(OCSC)CC[C@H]2[C@@H]3CCC4=Cc5c(cnn5-c5ccc(F)cc5)C[C@]4(C)[C@H]3[C@@H](OC(=O)C(F)(F)F)CC21C. The molecule has 3 fully saturated rings. The molecular formula is C33H38F4N2O5S2. The molecule has 46 heavy (non-hydrogen) atoms. The maximum absolute atomic E-state index is 13.8. The number of nitrogens with zero attached hydrogens (tertiary/aromatic N) is 2. The molecule has 250 valence electrons. The molecule has 0 bridgehead atoms. The van der Waals surface area contributed by atoms with Crippen LogP contribution in [0.2, 0.25) is 0 Å². The molecule has 0 spiro atoms. The smallest absolute Gasteiger partial charge is 0.455 e. The van der Waals surface area contributed by atoms with Crippen LogP contribution in [-0.2, 0) is 30.2 Å². The van der Waals surface area contributed by atoms with Crippen molar-refractivity contribution in [3.63, 3.8) is 0 Å². The largest absolute Gasteiger partial charge is 0.490 e. The molecule has 0 aliphatic heterocycles. The van der Waals surface area contributed by atoms with Crippen molar-refractivity contribution in [2.24, 2.45) is 28.6 Å². The van der Waals surface area contributed by atoms with Gasteiger partial charge in [-0.15, -0.1) is 23.5 Å². The first-order valence-corrected chi connectivity index (χ1v) is 18.2. The van der Waals surface area contributed by atoms with Crippen LogP contribution in [0.3, 0.4) is 0 Å². The van der Waals surface area contributed by atoms with Gasteiger partial charge in [-0.3, -0.25) is 0 Å². The normalized spacial score (nSPS) is 33.3. The van der Waals surface area contributed by atoms with Gasteiger partial charge in [-0.25, -0.2) is 18.7 Å². The molecule has 0 saturated heterocycles. The standard InChI is InChI=1S/C33H38F4N2O5S2/c1-30-14-19-16-38-39(22-8-6-21(34)7-9-22)25(19)13-20(30)5-10-23-24-11-12-32(43-18-46-4,28(40)42-17-45-3)31(24,2)15-26(27(23)30)44-29(41)33(35,36)37/h6-9,13,16,23-24,26-27H,5,10-12,14-15,17-18H2,1-4H3/t23-,24-,26-,27+,30-,31?,32-/m0/s1. The highest BCUT2D eigenvalue weighted by Gasteiger charge is 2.71.